The molecular formula is C33H31ClN4O8. The summed E-state index contributed by atoms with van der Waals surface area (Å²) in [6.07, 6.45) is 3.21. The minimum atomic E-state index is -1.95. The van der Waals surface area contributed by atoms with Crippen LogP contribution in [0.5, 0.6) is 23.0 Å². The Morgan fingerprint density at radius 2 is 1.70 bits per heavy atom. The molecule has 2 aromatic heterocycles. The van der Waals surface area contributed by atoms with Gasteiger partial charge in [0.05, 0.1) is 33.3 Å². The number of ether oxygens (including phenoxy) is 4. The van der Waals surface area contributed by atoms with Crippen LogP contribution in [0.1, 0.15) is 39.0 Å². The third-order valence-electron chi connectivity index (χ3n) is 8.23. The van der Waals surface area contributed by atoms with E-state index in [9.17, 15) is 14.4 Å². The lowest BCUT2D eigenvalue weighted by Gasteiger charge is -2.35. The highest BCUT2D eigenvalue weighted by atomic mass is 35.5. The average Bonchev–Trinajstić information content (AvgIpc) is 3.59. The summed E-state index contributed by atoms with van der Waals surface area (Å²) in [4.78, 5) is 50.4. The highest BCUT2D eigenvalue weighted by molar-refractivity contribution is 6.36. The van der Waals surface area contributed by atoms with Crippen LogP contribution in [0.2, 0.25) is 5.02 Å². The molecule has 0 fully saturated rings. The van der Waals surface area contributed by atoms with Crippen molar-refractivity contribution in [3.05, 3.63) is 76.3 Å². The van der Waals surface area contributed by atoms with E-state index in [0.717, 1.165) is 0 Å². The number of carbonyl (C=O) groups excluding carboxylic acids is 3. The predicted molar refractivity (Wildman–Crippen MR) is 167 cm³/mol. The second-order valence-corrected chi connectivity index (χ2v) is 11.2. The molecule has 238 valence electrons. The number of amides is 1. The van der Waals surface area contributed by atoms with Gasteiger partial charge in [-0.3, -0.25) is 14.4 Å². The predicted octanol–water partition coefficient (Wildman–Crippen LogP) is 4.58. The fraction of sp³-hybridized carbons (Fsp3) is 0.303. The van der Waals surface area contributed by atoms with Crippen molar-refractivity contribution in [1.82, 2.24) is 15.3 Å². The summed E-state index contributed by atoms with van der Waals surface area (Å²) in [6, 6.07) is 10.3. The Bertz CT molecular complexity index is 1830. The summed E-state index contributed by atoms with van der Waals surface area (Å²) in [7, 11) is 4.39. The van der Waals surface area contributed by atoms with Gasteiger partial charge in [-0.05, 0) is 30.3 Å². The Balaban J connectivity index is 1.37. The minimum absolute atomic E-state index is 0.0135. The maximum Gasteiger partial charge on any atom is 0.237 e. The number of benzene rings is 2. The molecule has 1 aliphatic heterocycles. The summed E-state index contributed by atoms with van der Waals surface area (Å²) in [5, 5.41) is 5.94. The number of carbonyl (C=O) groups is 3. The van der Waals surface area contributed by atoms with Crippen LogP contribution in [0.25, 0.3) is 11.3 Å². The van der Waals surface area contributed by atoms with Crippen molar-refractivity contribution in [3.63, 3.8) is 0 Å². The van der Waals surface area contributed by atoms with Gasteiger partial charge >= 0.3 is 0 Å². The lowest BCUT2D eigenvalue weighted by atomic mass is 9.70. The first-order valence-corrected chi connectivity index (χ1v) is 14.9. The molecule has 1 amide bonds. The summed E-state index contributed by atoms with van der Waals surface area (Å²) in [5.41, 5.74) is -0.781. The molecular weight excluding hydrogens is 616 g/mol. The molecule has 2 unspecified atom stereocenters. The molecule has 13 heteroatoms. The molecule has 46 heavy (non-hydrogen) atoms. The maximum atomic E-state index is 14.7. The van der Waals surface area contributed by atoms with Gasteiger partial charge in [0.25, 0.3) is 0 Å². The molecule has 0 bridgehead atoms. The SMILES string of the molecule is COc1ccc(-c2oc3c(c2CC(=O)NCCNc2ncccn2)C(=O)C2(Oc4c(Cl)c(OC)cc(OC)c4C2=O)C(C)C3)cc1. The highest BCUT2D eigenvalue weighted by Crippen LogP contribution is 2.54. The van der Waals surface area contributed by atoms with Crippen molar-refractivity contribution in [2.75, 3.05) is 39.7 Å². The number of ketones is 2. The van der Waals surface area contributed by atoms with Gasteiger partial charge in [-0.15, -0.1) is 0 Å². The van der Waals surface area contributed by atoms with Crippen LogP contribution in [-0.2, 0) is 17.6 Å². The van der Waals surface area contributed by atoms with E-state index in [4.69, 9.17) is 35.0 Å². The number of methoxy groups -OCH3 is 3. The second kappa shape index (κ2) is 12.4. The summed E-state index contributed by atoms with van der Waals surface area (Å²) in [5.74, 6) is -0.0196. The van der Waals surface area contributed by atoms with E-state index in [1.54, 1.807) is 56.8 Å². The zero-order chi connectivity index (χ0) is 32.6. The zero-order valence-corrected chi connectivity index (χ0v) is 26.3. The molecule has 2 aliphatic rings. The number of halogens is 1. The molecule has 12 nitrogen and oxygen atoms in total. The first kappa shape index (κ1) is 30.9. The fourth-order valence-electron chi connectivity index (χ4n) is 5.97. The Kier molecular flexibility index (Phi) is 8.30. The van der Waals surface area contributed by atoms with Gasteiger partial charge in [-0.1, -0.05) is 18.5 Å². The molecule has 4 aromatic rings. The van der Waals surface area contributed by atoms with Gasteiger partial charge in [0, 0.05) is 55.0 Å². The maximum absolute atomic E-state index is 14.7. The smallest absolute Gasteiger partial charge is 0.237 e. The van der Waals surface area contributed by atoms with Gasteiger partial charge in [-0.25, -0.2) is 9.97 Å². The number of nitrogens with one attached hydrogen (secondary N) is 2. The molecule has 2 aromatic carbocycles. The molecule has 0 saturated heterocycles. The third-order valence-corrected chi connectivity index (χ3v) is 8.59. The van der Waals surface area contributed by atoms with Gasteiger partial charge in [0.1, 0.15) is 39.4 Å². The molecule has 2 N–H and O–H groups in total. The van der Waals surface area contributed by atoms with Crippen LogP contribution >= 0.6 is 11.6 Å². The van der Waals surface area contributed by atoms with E-state index < -0.39 is 23.1 Å². The quantitative estimate of drug-likeness (QED) is 0.184. The topological polar surface area (TPSA) is 151 Å². The number of furan rings is 1. The van der Waals surface area contributed by atoms with Crippen LogP contribution in [0.4, 0.5) is 5.95 Å². The number of nitrogens with zero attached hydrogens (tertiary/aromatic N) is 2. The van der Waals surface area contributed by atoms with Crippen LogP contribution < -0.4 is 29.6 Å². The van der Waals surface area contributed by atoms with Gasteiger partial charge in [0.15, 0.2) is 5.75 Å². The molecule has 0 radical (unpaired) electrons. The Labute approximate surface area is 269 Å². The van der Waals surface area contributed by atoms with Crippen LogP contribution in [0.15, 0.2) is 53.2 Å². The first-order chi connectivity index (χ1) is 22.2. The van der Waals surface area contributed by atoms with Crippen molar-refractivity contribution < 1.29 is 37.7 Å². The van der Waals surface area contributed by atoms with Crippen molar-refractivity contribution in [2.24, 2.45) is 5.92 Å². The van der Waals surface area contributed by atoms with Crippen molar-refractivity contribution in [1.29, 1.82) is 0 Å². The number of rotatable bonds is 10. The summed E-state index contributed by atoms with van der Waals surface area (Å²) in [6.45, 7) is 2.38. The van der Waals surface area contributed by atoms with Gasteiger partial charge in [0.2, 0.25) is 29.0 Å². The lowest BCUT2D eigenvalue weighted by molar-refractivity contribution is -0.120. The average molecular weight is 647 g/mol. The molecule has 3 heterocycles. The standard InChI is InChI=1S/C33H31ClN4O8/c1-17-14-22-25(30(40)33(17)31(41)26-21(43-3)16-23(44-4)27(34)29(26)46-33)20(28(45-22)18-6-8-19(42-2)9-7-18)15-24(39)35-12-13-38-32-36-10-5-11-37-32/h5-11,16-17H,12-15H2,1-4H3,(H,35,39)(H,36,37,38). The number of Topliss-reactive ketones (excluding diaryl/α,β-unsaturated/α-hetero) is 2. The van der Waals surface area contributed by atoms with E-state index >= 15 is 0 Å². The number of hydrogen-bond acceptors (Lipinski definition) is 11. The van der Waals surface area contributed by atoms with Gasteiger partial charge < -0.3 is 34.0 Å². The summed E-state index contributed by atoms with van der Waals surface area (Å²) < 4.78 is 28.8. The second-order valence-electron chi connectivity index (χ2n) is 10.9. The van der Waals surface area contributed by atoms with E-state index in [1.165, 1.54) is 20.3 Å². The lowest BCUT2D eigenvalue weighted by Crippen LogP contribution is -2.56. The first-order valence-electron chi connectivity index (χ1n) is 14.5. The van der Waals surface area contributed by atoms with E-state index in [0.29, 0.717) is 40.9 Å². The van der Waals surface area contributed by atoms with Crippen molar-refractivity contribution in [3.8, 4) is 34.3 Å². The third kappa shape index (κ3) is 5.08. The molecule has 2 atom stereocenters. The molecule has 1 aliphatic carbocycles. The molecule has 1 spiro atoms. The van der Waals surface area contributed by atoms with Crippen LogP contribution in [0, 0.1) is 5.92 Å². The van der Waals surface area contributed by atoms with E-state index in [1.807, 2.05) is 0 Å². The van der Waals surface area contributed by atoms with Crippen LogP contribution in [0.3, 0.4) is 0 Å². The summed E-state index contributed by atoms with van der Waals surface area (Å²) >= 11 is 6.59. The molecule has 0 saturated carbocycles. The Morgan fingerprint density at radius 3 is 2.37 bits per heavy atom. The van der Waals surface area contributed by atoms with Crippen LogP contribution in [-0.4, -0.2) is 67.5 Å². The van der Waals surface area contributed by atoms with Crippen molar-refractivity contribution >= 4 is 35.0 Å². The number of fused-ring (bicyclic) bond motifs is 2. The normalized spacial score (nSPS) is 18.1. The van der Waals surface area contributed by atoms with E-state index in [2.05, 4.69) is 20.6 Å². The van der Waals surface area contributed by atoms with Crippen molar-refractivity contribution in [2.45, 2.75) is 25.4 Å². The minimum Gasteiger partial charge on any atom is -0.497 e. The zero-order valence-electron chi connectivity index (χ0n) is 25.6. The number of hydrogen-bond donors (Lipinski definition) is 2. The highest BCUT2D eigenvalue weighted by Gasteiger charge is 2.63. The molecule has 6 rings (SSSR count). The number of anilines is 1. The Hall–Kier alpha value is -5.10. The number of aromatic nitrogens is 2. The van der Waals surface area contributed by atoms with Gasteiger partial charge in [-0.2, -0.15) is 0 Å². The largest absolute Gasteiger partial charge is 0.497 e. The monoisotopic (exact) mass is 646 g/mol. The van der Waals surface area contributed by atoms with E-state index in [-0.39, 0.29) is 58.7 Å². The Morgan fingerprint density at radius 1 is 1.00 bits per heavy atom. The fourth-order valence-corrected chi connectivity index (χ4v) is 6.23.